The van der Waals surface area contributed by atoms with E-state index in [1.165, 1.54) is 5.56 Å². The minimum Gasteiger partial charge on any atom is -0.447 e. The summed E-state index contributed by atoms with van der Waals surface area (Å²) >= 11 is 1.76. The quantitative estimate of drug-likeness (QED) is 0.899. The third-order valence-corrected chi connectivity index (χ3v) is 4.35. The van der Waals surface area contributed by atoms with E-state index in [2.05, 4.69) is 11.6 Å². The molecule has 1 heterocycles. The van der Waals surface area contributed by atoms with Crippen LogP contribution < -0.4 is 10.2 Å². The number of carbonyl (C=O) groups is 2. The Morgan fingerprint density at radius 1 is 1.17 bits per heavy atom. The van der Waals surface area contributed by atoms with Crippen molar-refractivity contribution < 1.29 is 14.3 Å². The van der Waals surface area contributed by atoms with Crippen LogP contribution in [0, 0.1) is 0 Å². The van der Waals surface area contributed by atoms with Gasteiger partial charge in [-0.1, -0.05) is 12.1 Å². The number of hydrogen-bond donors (Lipinski definition) is 1. The molecule has 0 spiro atoms. The summed E-state index contributed by atoms with van der Waals surface area (Å²) in [5.74, 6) is 0.775. The molecule has 24 heavy (non-hydrogen) atoms. The first-order valence-electron chi connectivity index (χ1n) is 7.61. The van der Waals surface area contributed by atoms with Crippen LogP contribution in [-0.2, 0) is 10.5 Å². The molecule has 1 N–H and O–H groups in total. The minimum absolute atomic E-state index is 0.178. The van der Waals surface area contributed by atoms with Gasteiger partial charge in [-0.15, -0.1) is 0 Å². The van der Waals surface area contributed by atoms with Gasteiger partial charge in [0.25, 0.3) is 5.91 Å². The Morgan fingerprint density at radius 2 is 1.88 bits per heavy atom. The molecule has 0 unspecified atom stereocenters. The molecule has 0 bridgehead atoms. The highest BCUT2D eigenvalue weighted by atomic mass is 32.2. The monoisotopic (exact) mass is 342 g/mol. The van der Waals surface area contributed by atoms with Crippen LogP contribution in [0.3, 0.4) is 0 Å². The Kier molecular flexibility index (Phi) is 5.05. The van der Waals surface area contributed by atoms with E-state index in [0.29, 0.717) is 18.7 Å². The van der Waals surface area contributed by atoms with Gasteiger partial charge in [0.05, 0.1) is 6.54 Å². The molecule has 2 amide bonds. The number of rotatable bonds is 5. The van der Waals surface area contributed by atoms with Gasteiger partial charge in [0.15, 0.2) is 0 Å². The van der Waals surface area contributed by atoms with E-state index in [9.17, 15) is 9.59 Å². The summed E-state index contributed by atoms with van der Waals surface area (Å²) < 4.78 is 4.91. The average Bonchev–Trinajstić information content (AvgIpc) is 3.03. The molecule has 0 saturated carbocycles. The Balaban J connectivity index is 1.65. The molecule has 0 aliphatic carbocycles. The lowest BCUT2D eigenvalue weighted by Crippen LogP contribution is -2.23. The van der Waals surface area contributed by atoms with Crippen molar-refractivity contribution in [2.45, 2.75) is 5.75 Å². The van der Waals surface area contributed by atoms with Crippen LogP contribution in [0.1, 0.15) is 15.9 Å². The van der Waals surface area contributed by atoms with Crippen LogP contribution in [0.5, 0.6) is 0 Å². The molecule has 2 aromatic rings. The lowest BCUT2D eigenvalue weighted by atomic mass is 10.1. The SMILES string of the molecule is CSCc1ccc(NC(=O)c2ccc(N3CCOC3=O)cc2)cc1. The number of cyclic esters (lactones) is 1. The third kappa shape index (κ3) is 3.71. The lowest BCUT2D eigenvalue weighted by molar-refractivity contribution is 0.102. The van der Waals surface area contributed by atoms with Gasteiger partial charge in [0.1, 0.15) is 6.61 Å². The average molecular weight is 342 g/mol. The zero-order valence-electron chi connectivity index (χ0n) is 13.3. The van der Waals surface area contributed by atoms with Crippen LogP contribution in [-0.4, -0.2) is 31.4 Å². The van der Waals surface area contributed by atoms with Crippen molar-refractivity contribution >= 4 is 35.1 Å². The van der Waals surface area contributed by atoms with Gasteiger partial charge in [-0.05, 0) is 48.2 Å². The van der Waals surface area contributed by atoms with Gasteiger partial charge in [0, 0.05) is 22.7 Å². The molecule has 124 valence electrons. The maximum atomic E-state index is 12.3. The second-order valence-electron chi connectivity index (χ2n) is 5.40. The van der Waals surface area contributed by atoms with Gasteiger partial charge in [-0.3, -0.25) is 9.69 Å². The van der Waals surface area contributed by atoms with Gasteiger partial charge in [-0.2, -0.15) is 11.8 Å². The number of thioether (sulfide) groups is 1. The van der Waals surface area contributed by atoms with Crippen molar-refractivity contribution in [3.8, 4) is 0 Å². The zero-order chi connectivity index (χ0) is 16.9. The first-order valence-corrected chi connectivity index (χ1v) is 9.00. The van der Waals surface area contributed by atoms with E-state index >= 15 is 0 Å². The molecular formula is C18H18N2O3S. The maximum absolute atomic E-state index is 12.3. The third-order valence-electron chi connectivity index (χ3n) is 3.72. The summed E-state index contributed by atoms with van der Waals surface area (Å²) in [5, 5.41) is 2.87. The normalized spacial score (nSPS) is 13.7. The number of amides is 2. The fraction of sp³-hybridized carbons (Fsp3) is 0.222. The first kappa shape index (κ1) is 16.4. The molecule has 6 heteroatoms. The predicted octanol–water partition coefficient (Wildman–Crippen LogP) is 3.76. The zero-order valence-corrected chi connectivity index (χ0v) is 14.1. The second kappa shape index (κ2) is 7.40. The van der Waals surface area contributed by atoms with Gasteiger partial charge in [0.2, 0.25) is 0 Å². The van der Waals surface area contributed by atoms with Crippen molar-refractivity contribution in [1.82, 2.24) is 0 Å². The highest BCUT2D eigenvalue weighted by Gasteiger charge is 2.23. The van der Waals surface area contributed by atoms with Crippen LogP contribution in [0.15, 0.2) is 48.5 Å². The summed E-state index contributed by atoms with van der Waals surface area (Å²) in [4.78, 5) is 25.4. The standard InChI is InChI=1S/C18H18N2O3S/c1-24-12-13-2-6-15(7-3-13)19-17(21)14-4-8-16(9-5-14)20-10-11-23-18(20)22/h2-9H,10-12H2,1H3,(H,19,21). The summed E-state index contributed by atoms with van der Waals surface area (Å²) in [5.41, 5.74) is 3.26. The molecule has 2 aromatic carbocycles. The van der Waals surface area contributed by atoms with Crippen molar-refractivity contribution in [3.63, 3.8) is 0 Å². The Labute approximate surface area is 145 Å². The maximum Gasteiger partial charge on any atom is 0.414 e. The fourth-order valence-electron chi connectivity index (χ4n) is 2.47. The van der Waals surface area contributed by atoms with E-state index in [0.717, 1.165) is 17.1 Å². The minimum atomic E-state index is -0.350. The van der Waals surface area contributed by atoms with Gasteiger partial charge < -0.3 is 10.1 Å². The number of benzene rings is 2. The number of nitrogens with one attached hydrogen (secondary N) is 1. The summed E-state index contributed by atoms with van der Waals surface area (Å²) in [7, 11) is 0. The van der Waals surface area contributed by atoms with Gasteiger partial charge >= 0.3 is 6.09 Å². The summed E-state index contributed by atoms with van der Waals surface area (Å²) in [6.45, 7) is 0.931. The van der Waals surface area contributed by atoms with Crippen molar-refractivity contribution in [1.29, 1.82) is 0 Å². The van der Waals surface area contributed by atoms with E-state index in [1.54, 1.807) is 40.9 Å². The molecule has 1 aliphatic rings. The first-order chi connectivity index (χ1) is 11.7. The molecule has 1 fully saturated rings. The number of ether oxygens (including phenoxy) is 1. The molecule has 0 atom stereocenters. The van der Waals surface area contributed by atoms with Crippen LogP contribution in [0.4, 0.5) is 16.2 Å². The van der Waals surface area contributed by atoms with Crippen LogP contribution >= 0.6 is 11.8 Å². The molecule has 3 rings (SSSR count). The molecule has 1 saturated heterocycles. The molecule has 5 nitrogen and oxygen atoms in total. The van der Waals surface area contributed by atoms with Crippen LogP contribution in [0.2, 0.25) is 0 Å². The van der Waals surface area contributed by atoms with Crippen molar-refractivity contribution in [2.24, 2.45) is 0 Å². The number of nitrogens with zero attached hydrogens (tertiary/aromatic N) is 1. The Bertz CT molecular complexity index is 729. The number of anilines is 2. The molecule has 1 aliphatic heterocycles. The Hall–Kier alpha value is -2.47. The largest absolute Gasteiger partial charge is 0.447 e. The number of hydrogen-bond acceptors (Lipinski definition) is 4. The van der Waals surface area contributed by atoms with Gasteiger partial charge in [-0.25, -0.2) is 4.79 Å². The molecular weight excluding hydrogens is 324 g/mol. The lowest BCUT2D eigenvalue weighted by Gasteiger charge is -2.13. The predicted molar refractivity (Wildman–Crippen MR) is 96.8 cm³/mol. The van der Waals surface area contributed by atoms with Crippen LogP contribution in [0.25, 0.3) is 0 Å². The topological polar surface area (TPSA) is 58.6 Å². The number of carbonyl (C=O) groups excluding carboxylic acids is 2. The summed E-state index contributed by atoms with van der Waals surface area (Å²) in [6, 6.07) is 14.7. The van der Waals surface area contributed by atoms with E-state index < -0.39 is 0 Å². The van der Waals surface area contributed by atoms with E-state index in [-0.39, 0.29) is 12.0 Å². The van der Waals surface area contributed by atoms with E-state index in [4.69, 9.17) is 4.74 Å². The smallest absolute Gasteiger partial charge is 0.414 e. The highest BCUT2D eigenvalue weighted by Crippen LogP contribution is 2.20. The molecule has 0 aromatic heterocycles. The summed E-state index contributed by atoms with van der Waals surface area (Å²) in [6.07, 6.45) is 1.71. The van der Waals surface area contributed by atoms with E-state index in [1.807, 2.05) is 24.3 Å². The van der Waals surface area contributed by atoms with Crippen molar-refractivity contribution in [2.75, 3.05) is 29.6 Å². The Morgan fingerprint density at radius 3 is 2.46 bits per heavy atom. The van der Waals surface area contributed by atoms with Crippen molar-refractivity contribution in [3.05, 3.63) is 59.7 Å². The second-order valence-corrected chi connectivity index (χ2v) is 6.26. The molecule has 0 radical (unpaired) electrons. The fourth-order valence-corrected chi connectivity index (χ4v) is 3.00. The highest BCUT2D eigenvalue weighted by molar-refractivity contribution is 7.97.